The highest BCUT2D eigenvalue weighted by Crippen LogP contribution is 2.20. The Morgan fingerprint density at radius 2 is 0.880 bits per heavy atom. The first kappa shape index (κ1) is 27.5. The summed E-state index contributed by atoms with van der Waals surface area (Å²) in [6.07, 6.45) is 24.4. The van der Waals surface area contributed by atoms with Gasteiger partial charge < -0.3 is 5.73 Å². The van der Waals surface area contributed by atoms with Crippen molar-refractivity contribution in [3.05, 3.63) is 0 Å². The lowest BCUT2D eigenvalue weighted by molar-refractivity contribution is 0.316. The van der Waals surface area contributed by atoms with Gasteiger partial charge in [0.2, 0.25) is 0 Å². The summed E-state index contributed by atoms with van der Waals surface area (Å²) in [5.41, 5.74) is 6.14. The molecule has 1 atom stereocenters. The van der Waals surface area contributed by atoms with E-state index in [2.05, 4.69) is 27.7 Å². The fraction of sp³-hybridized carbons (Fsp3) is 1.00. The van der Waals surface area contributed by atoms with Crippen molar-refractivity contribution in [3.63, 3.8) is 0 Å². The van der Waals surface area contributed by atoms with E-state index in [9.17, 15) is 0 Å². The Balaban J connectivity index is 0. The van der Waals surface area contributed by atoms with Gasteiger partial charge in [0.05, 0.1) is 0 Å². The zero-order valence-electron chi connectivity index (χ0n) is 18.1. The molecule has 2 heteroatoms. The molecule has 0 aliphatic rings. The van der Waals surface area contributed by atoms with Gasteiger partial charge in [-0.2, -0.15) is 0 Å². The average Bonchev–Trinajstić information content (AvgIpc) is 2.53. The standard InChI is InChI=1S/C23H49N.ClH/c1-5-6-7-8-9-10-11-12-13-14-15-16-17-18-19-20-21-22(2)23(3,4)24;/h22H,5-21,24H2,1-4H3;1H. The van der Waals surface area contributed by atoms with Crippen LogP contribution in [-0.4, -0.2) is 5.54 Å². The van der Waals surface area contributed by atoms with E-state index in [0.29, 0.717) is 5.92 Å². The fourth-order valence-corrected chi connectivity index (χ4v) is 3.37. The molecule has 0 aromatic heterocycles. The number of nitrogens with two attached hydrogens (primary N) is 1. The van der Waals surface area contributed by atoms with Crippen LogP contribution < -0.4 is 5.73 Å². The highest BCUT2D eigenvalue weighted by atomic mass is 35.5. The van der Waals surface area contributed by atoms with Gasteiger partial charge in [-0.05, 0) is 26.2 Å². The molecule has 0 fully saturated rings. The van der Waals surface area contributed by atoms with Gasteiger partial charge in [0.1, 0.15) is 0 Å². The Kier molecular flexibility index (Phi) is 20.9. The van der Waals surface area contributed by atoms with Crippen molar-refractivity contribution in [2.45, 2.75) is 142 Å². The minimum Gasteiger partial charge on any atom is -0.325 e. The van der Waals surface area contributed by atoms with E-state index in [-0.39, 0.29) is 17.9 Å². The van der Waals surface area contributed by atoms with Crippen molar-refractivity contribution in [2.24, 2.45) is 11.7 Å². The third kappa shape index (κ3) is 20.4. The van der Waals surface area contributed by atoms with E-state index in [4.69, 9.17) is 5.73 Å². The predicted molar refractivity (Wildman–Crippen MR) is 119 cm³/mol. The van der Waals surface area contributed by atoms with Crippen LogP contribution >= 0.6 is 12.4 Å². The molecule has 0 amide bonds. The van der Waals surface area contributed by atoms with E-state index >= 15 is 0 Å². The second-order valence-corrected chi connectivity index (χ2v) is 8.81. The summed E-state index contributed by atoms with van der Waals surface area (Å²) in [5, 5.41) is 0. The van der Waals surface area contributed by atoms with E-state index in [1.807, 2.05) is 0 Å². The first-order valence-electron chi connectivity index (χ1n) is 11.3. The maximum Gasteiger partial charge on any atom is 0.0123 e. The molecule has 25 heavy (non-hydrogen) atoms. The van der Waals surface area contributed by atoms with Gasteiger partial charge in [0.25, 0.3) is 0 Å². The van der Waals surface area contributed by atoms with E-state index < -0.39 is 0 Å². The lowest BCUT2D eigenvalue weighted by atomic mass is 9.86. The summed E-state index contributed by atoms with van der Waals surface area (Å²) in [4.78, 5) is 0. The SMILES string of the molecule is CCCCCCCCCCCCCCCCCCC(C)C(C)(C)N.Cl. The number of unbranched alkanes of at least 4 members (excludes halogenated alkanes) is 15. The molecular formula is C23H50ClN. The van der Waals surface area contributed by atoms with Crippen LogP contribution in [0.3, 0.4) is 0 Å². The highest BCUT2D eigenvalue weighted by molar-refractivity contribution is 5.85. The van der Waals surface area contributed by atoms with Crippen molar-refractivity contribution in [2.75, 3.05) is 0 Å². The van der Waals surface area contributed by atoms with Crippen LogP contribution in [0.5, 0.6) is 0 Å². The van der Waals surface area contributed by atoms with E-state index in [1.54, 1.807) is 0 Å². The topological polar surface area (TPSA) is 26.0 Å². The first-order chi connectivity index (χ1) is 11.5. The van der Waals surface area contributed by atoms with E-state index in [1.165, 1.54) is 109 Å². The fourth-order valence-electron chi connectivity index (χ4n) is 3.37. The van der Waals surface area contributed by atoms with Crippen LogP contribution in [0, 0.1) is 5.92 Å². The van der Waals surface area contributed by atoms with Gasteiger partial charge >= 0.3 is 0 Å². The zero-order valence-corrected chi connectivity index (χ0v) is 18.9. The summed E-state index contributed by atoms with van der Waals surface area (Å²) in [5.74, 6) is 0.643. The molecule has 0 saturated heterocycles. The Morgan fingerprint density at radius 3 is 1.16 bits per heavy atom. The Bertz CT molecular complexity index is 247. The summed E-state index contributed by atoms with van der Waals surface area (Å²) < 4.78 is 0. The molecule has 1 unspecified atom stereocenters. The number of hydrogen-bond donors (Lipinski definition) is 1. The third-order valence-electron chi connectivity index (χ3n) is 5.76. The molecule has 0 radical (unpaired) electrons. The quantitative estimate of drug-likeness (QED) is 0.239. The second kappa shape index (κ2) is 19.0. The van der Waals surface area contributed by atoms with Gasteiger partial charge in [-0.25, -0.2) is 0 Å². The summed E-state index contributed by atoms with van der Waals surface area (Å²) in [7, 11) is 0. The highest BCUT2D eigenvalue weighted by Gasteiger charge is 2.19. The minimum atomic E-state index is -0.00446. The lowest BCUT2D eigenvalue weighted by Crippen LogP contribution is -2.39. The van der Waals surface area contributed by atoms with Crippen LogP contribution in [0.25, 0.3) is 0 Å². The van der Waals surface area contributed by atoms with Gasteiger partial charge in [0.15, 0.2) is 0 Å². The number of hydrogen-bond acceptors (Lipinski definition) is 1. The van der Waals surface area contributed by atoms with Crippen molar-refractivity contribution >= 4 is 12.4 Å². The van der Waals surface area contributed by atoms with Crippen molar-refractivity contribution in [1.29, 1.82) is 0 Å². The maximum absolute atomic E-state index is 6.15. The monoisotopic (exact) mass is 375 g/mol. The largest absolute Gasteiger partial charge is 0.325 e. The van der Waals surface area contributed by atoms with Crippen molar-refractivity contribution in [3.8, 4) is 0 Å². The maximum atomic E-state index is 6.15. The summed E-state index contributed by atoms with van der Waals surface area (Å²) in [6.45, 7) is 8.91. The molecule has 0 aromatic carbocycles. The molecule has 1 nitrogen and oxygen atoms in total. The molecule has 2 N–H and O–H groups in total. The molecule has 0 aliphatic heterocycles. The smallest absolute Gasteiger partial charge is 0.0123 e. The number of halogens is 1. The molecule has 154 valence electrons. The van der Waals surface area contributed by atoms with Crippen LogP contribution in [0.4, 0.5) is 0 Å². The summed E-state index contributed by atoms with van der Waals surface area (Å²) in [6, 6.07) is 0. The van der Waals surface area contributed by atoms with Crippen molar-refractivity contribution < 1.29 is 0 Å². The molecular weight excluding hydrogens is 326 g/mol. The molecule has 0 spiro atoms. The van der Waals surface area contributed by atoms with Crippen LogP contribution in [0.2, 0.25) is 0 Å². The Hall–Kier alpha value is 0.250. The number of rotatable bonds is 18. The zero-order chi connectivity index (χ0) is 18.1. The Morgan fingerprint density at radius 1 is 0.600 bits per heavy atom. The molecule has 0 heterocycles. The Labute approximate surface area is 166 Å². The average molecular weight is 376 g/mol. The van der Waals surface area contributed by atoms with Crippen LogP contribution in [0.15, 0.2) is 0 Å². The van der Waals surface area contributed by atoms with E-state index in [0.717, 1.165) is 0 Å². The van der Waals surface area contributed by atoms with Gasteiger partial charge in [-0.15, -0.1) is 12.4 Å². The molecule has 0 rings (SSSR count). The lowest BCUT2D eigenvalue weighted by Gasteiger charge is -2.27. The normalized spacial score (nSPS) is 12.8. The third-order valence-corrected chi connectivity index (χ3v) is 5.76. The molecule has 0 aromatic rings. The predicted octanol–water partition coefficient (Wildman–Crippen LogP) is 8.43. The van der Waals surface area contributed by atoms with Gasteiger partial charge in [0, 0.05) is 5.54 Å². The summed E-state index contributed by atoms with van der Waals surface area (Å²) >= 11 is 0. The first-order valence-corrected chi connectivity index (χ1v) is 11.3. The molecule has 0 aliphatic carbocycles. The van der Waals surface area contributed by atoms with Crippen molar-refractivity contribution in [1.82, 2.24) is 0 Å². The second-order valence-electron chi connectivity index (χ2n) is 8.81. The molecule has 0 saturated carbocycles. The van der Waals surface area contributed by atoms with Crippen LogP contribution in [-0.2, 0) is 0 Å². The van der Waals surface area contributed by atoms with Crippen LogP contribution in [0.1, 0.15) is 137 Å². The minimum absolute atomic E-state index is 0. The molecule has 0 bridgehead atoms. The van der Waals surface area contributed by atoms with Gasteiger partial charge in [-0.1, -0.05) is 117 Å². The van der Waals surface area contributed by atoms with Gasteiger partial charge in [-0.3, -0.25) is 0 Å².